The van der Waals surface area contributed by atoms with Crippen molar-refractivity contribution in [1.82, 2.24) is 8.61 Å². The van der Waals surface area contributed by atoms with Crippen LogP contribution in [0.1, 0.15) is 31.4 Å². The molecule has 3 rings (SSSR count). The van der Waals surface area contributed by atoms with E-state index < -0.39 is 10.2 Å². The smallest absolute Gasteiger partial charge is 0.282 e. The van der Waals surface area contributed by atoms with Gasteiger partial charge in [-0.15, -0.1) is 0 Å². The highest BCUT2D eigenvalue weighted by molar-refractivity contribution is 7.86. The quantitative estimate of drug-likeness (QED) is 0.856. The minimum Gasteiger partial charge on any atom is -0.468 e. The highest BCUT2D eigenvalue weighted by Gasteiger charge is 2.42. The fourth-order valence-corrected chi connectivity index (χ4v) is 4.79. The predicted octanol–water partition coefficient (Wildman–Crippen LogP) is 1.19. The van der Waals surface area contributed by atoms with E-state index in [1.54, 1.807) is 22.7 Å². The second-order valence-corrected chi connectivity index (χ2v) is 7.79. The van der Waals surface area contributed by atoms with E-state index in [-0.39, 0.29) is 18.6 Å². The van der Waals surface area contributed by atoms with Gasteiger partial charge in [0.05, 0.1) is 12.8 Å². The van der Waals surface area contributed by atoms with Gasteiger partial charge in [-0.2, -0.15) is 17.0 Å². The molecule has 1 saturated carbocycles. The number of hydrogen-bond donors (Lipinski definition) is 1. The Balaban J connectivity index is 1.77. The first-order chi connectivity index (χ1) is 10.1. The van der Waals surface area contributed by atoms with Gasteiger partial charge < -0.3 is 9.52 Å². The molecule has 0 aromatic carbocycles. The molecule has 118 valence electrons. The number of aliphatic hydroxyl groups excluding tert-OH is 1. The Bertz CT molecular complexity index is 554. The molecule has 1 N–H and O–H groups in total. The SMILES string of the molecule is O=S(=O)(N1CCCC(CO)C1)N(Cc1ccco1)C1CC1. The summed E-state index contributed by atoms with van der Waals surface area (Å²) in [5, 5.41) is 9.29. The summed E-state index contributed by atoms with van der Waals surface area (Å²) in [7, 11) is -3.48. The van der Waals surface area contributed by atoms with Gasteiger partial charge in [0.2, 0.25) is 0 Å². The zero-order valence-corrected chi connectivity index (χ0v) is 12.8. The number of piperidine rings is 1. The summed E-state index contributed by atoms with van der Waals surface area (Å²) >= 11 is 0. The van der Waals surface area contributed by atoms with Crippen molar-refractivity contribution in [3.63, 3.8) is 0 Å². The molecule has 1 aromatic heterocycles. The van der Waals surface area contributed by atoms with Gasteiger partial charge >= 0.3 is 0 Å². The molecule has 21 heavy (non-hydrogen) atoms. The van der Waals surface area contributed by atoms with Crippen molar-refractivity contribution in [1.29, 1.82) is 0 Å². The van der Waals surface area contributed by atoms with Crippen LogP contribution in [0, 0.1) is 5.92 Å². The molecule has 2 heterocycles. The molecular formula is C14H22N2O4S. The van der Waals surface area contributed by atoms with E-state index in [0.29, 0.717) is 25.4 Å². The Labute approximate surface area is 125 Å². The summed E-state index contributed by atoms with van der Waals surface area (Å²) in [5.74, 6) is 0.722. The topological polar surface area (TPSA) is 74.0 Å². The Morgan fingerprint density at radius 3 is 2.81 bits per heavy atom. The summed E-state index contributed by atoms with van der Waals surface area (Å²) in [6.07, 6.45) is 5.10. The lowest BCUT2D eigenvalue weighted by molar-refractivity contribution is 0.159. The van der Waals surface area contributed by atoms with Crippen LogP contribution in [0.15, 0.2) is 22.8 Å². The van der Waals surface area contributed by atoms with E-state index in [1.165, 1.54) is 4.31 Å². The van der Waals surface area contributed by atoms with E-state index in [9.17, 15) is 13.5 Å². The molecule has 1 atom stereocenters. The zero-order valence-electron chi connectivity index (χ0n) is 12.0. The summed E-state index contributed by atoms with van der Waals surface area (Å²) < 4.78 is 34.2. The number of hydrogen-bond acceptors (Lipinski definition) is 4. The highest BCUT2D eigenvalue weighted by Crippen LogP contribution is 2.33. The third kappa shape index (κ3) is 3.31. The first kappa shape index (κ1) is 15.0. The number of aliphatic hydroxyl groups is 1. The molecule has 1 aliphatic heterocycles. The van der Waals surface area contributed by atoms with Gasteiger partial charge in [0.1, 0.15) is 5.76 Å². The molecule has 0 radical (unpaired) electrons. The zero-order chi connectivity index (χ0) is 14.9. The molecule has 2 aliphatic rings. The average molecular weight is 314 g/mol. The van der Waals surface area contributed by atoms with Crippen LogP contribution >= 0.6 is 0 Å². The molecule has 0 spiro atoms. The van der Waals surface area contributed by atoms with Gasteiger partial charge in [-0.1, -0.05) is 0 Å². The summed E-state index contributed by atoms with van der Waals surface area (Å²) in [6, 6.07) is 3.67. The van der Waals surface area contributed by atoms with Gasteiger partial charge in [0, 0.05) is 25.7 Å². The van der Waals surface area contributed by atoms with Crippen LogP contribution in [-0.2, 0) is 16.8 Å². The highest BCUT2D eigenvalue weighted by atomic mass is 32.2. The van der Waals surface area contributed by atoms with Crippen LogP contribution in [0.4, 0.5) is 0 Å². The van der Waals surface area contributed by atoms with Crippen LogP contribution in [-0.4, -0.2) is 47.9 Å². The van der Waals surface area contributed by atoms with E-state index in [0.717, 1.165) is 25.7 Å². The number of furan rings is 1. The largest absolute Gasteiger partial charge is 0.468 e. The van der Waals surface area contributed by atoms with E-state index in [1.807, 2.05) is 0 Å². The van der Waals surface area contributed by atoms with Crippen LogP contribution in [0.5, 0.6) is 0 Å². The second kappa shape index (κ2) is 6.08. The van der Waals surface area contributed by atoms with Gasteiger partial charge in [0.15, 0.2) is 0 Å². The number of nitrogens with zero attached hydrogens (tertiary/aromatic N) is 2. The Morgan fingerprint density at radius 2 is 2.19 bits per heavy atom. The first-order valence-corrected chi connectivity index (χ1v) is 8.91. The molecule has 1 unspecified atom stereocenters. The third-order valence-electron chi connectivity index (χ3n) is 4.21. The lowest BCUT2D eigenvalue weighted by Crippen LogP contribution is -2.48. The lowest BCUT2D eigenvalue weighted by Gasteiger charge is -2.34. The minimum atomic E-state index is -3.48. The number of rotatable bonds is 6. The van der Waals surface area contributed by atoms with Gasteiger partial charge in [0.25, 0.3) is 10.2 Å². The van der Waals surface area contributed by atoms with Gasteiger partial charge in [-0.25, -0.2) is 0 Å². The summed E-state index contributed by atoms with van der Waals surface area (Å²) in [5.41, 5.74) is 0. The van der Waals surface area contributed by atoms with Crippen molar-refractivity contribution >= 4 is 10.2 Å². The fourth-order valence-electron chi connectivity index (χ4n) is 2.85. The molecular weight excluding hydrogens is 292 g/mol. The van der Waals surface area contributed by atoms with Crippen molar-refractivity contribution in [2.24, 2.45) is 5.92 Å². The monoisotopic (exact) mass is 314 g/mol. The Morgan fingerprint density at radius 1 is 1.38 bits per heavy atom. The molecule has 0 bridgehead atoms. The fraction of sp³-hybridized carbons (Fsp3) is 0.714. The molecule has 1 aliphatic carbocycles. The standard InChI is InChI=1S/C14H22N2O4S/c17-11-12-3-1-7-15(9-12)21(18,19)16(13-5-6-13)10-14-4-2-8-20-14/h2,4,8,12-13,17H,1,3,5-7,9-11H2. The van der Waals surface area contributed by atoms with Crippen molar-refractivity contribution in [3.8, 4) is 0 Å². The third-order valence-corrected chi connectivity index (χ3v) is 6.21. The van der Waals surface area contributed by atoms with E-state index in [4.69, 9.17) is 4.42 Å². The summed E-state index contributed by atoms with van der Waals surface area (Å²) in [6.45, 7) is 1.30. The van der Waals surface area contributed by atoms with Crippen molar-refractivity contribution in [2.75, 3.05) is 19.7 Å². The molecule has 0 amide bonds. The van der Waals surface area contributed by atoms with Gasteiger partial charge in [-0.3, -0.25) is 0 Å². The summed E-state index contributed by atoms with van der Waals surface area (Å²) in [4.78, 5) is 0. The Kier molecular flexibility index (Phi) is 4.35. The van der Waals surface area contributed by atoms with Crippen LogP contribution < -0.4 is 0 Å². The van der Waals surface area contributed by atoms with Gasteiger partial charge in [-0.05, 0) is 43.7 Å². The van der Waals surface area contributed by atoms with Crippen LogP contribution in [0.2, 0.25) is 0 Å². The molecule has 2 fully saturated rings. The minimum absolute atomic E-state index is 0.0492. The first-order valence-electron chi connectivity index (χ1n) is 7.51. The average Bonchev–Trinajstić information content (AvgIpc) is 3.20. The van der Waals surface area contributed by atoms with Crippen molar-refractivity contribution in [2.45, 2.75) is 38.3 Å². The van der Waals surface area contributed by atoms with E-state index >= 15 is 0 Å². The normalized spacial score (nSPS) is 24.6. The maximum atomic E-state index is 12.9. The Hall–Kier alpha value is -0.890. The second-order valence-electron chi connectivity index (χ2n) is 5.91. The van der Waals surface area contributed by atoms with Crippen LogP contribution in [0.25, 0.3) is 0 Å². The molecule has 6 nitrogen and oxygen atoms in total. The maximum Gasteiger partial charge on any atom is 0.282 e. The molecule has 1 aromatic rings. The predicted molar refractivity (Wildman–Crippen MR) is 77.6 cm³/mol. The molecule has 1 saturated heterocycles. The van der Waals surface area contributed by atoms with Crippen molar-refractivity contribution in [3.05, 3.63) is 24.2 Å². The van der Waals surface area contributed by atoms with E-state index in [2.05, 4.69) is 0 Å². The lowest BCUT2D eigenvalue weighted by atomic mass is 10.0. The molecule has 7 heteroatoms. The van der Waals surface area contributed by atoms with Crippen molar-refractivity contribution < 1.29 is 17.9 Å². The van der Waals surface area contributed by atoms with Crippen LogP contribution in [0.3, 0.4) is 0 Å². The maximum absolute atomic E-state index is 12.9.